The molecule has 0 atom stereocenters. The number of benzene rings is 1. The standard InChI is InChI=1S/C12H14ClNOS/c1-4-12(2,3)11-14-8-6-5-7(13)10(16)9(8)15-11/h5-6,16H,4H2,1-3H3. The molecule has 16 heavy (non-hydrogen) atoms. The molecule has 0 N–H and O–H groups in total. The highest BCUT2D eigenvalue weighted by atomic mass is 35.5. The van der Waals surface area contributed by atoms with Gasteiger partial charge in [-0.05, 0) is 18.6 Å². The first-order valence-electron chi connectivity index (χ1n) is 5.24. The van der Waals surface area contributed by atoms with Crippen LogP contribution in [-0.2, 0) is 5.41 Å². The number of thiol groups is 1. The summed E-state index contributed by atoms with van der Waals surface area (Å²) in [6.45, 7) is 6.33. The van der Waals surface area contributed by atoms with E-state index in [0.29, 0.717) is 15.5 Å². The van der Waals surface area contributed by atoms with E-state index in [4.69, 9.17) is 16.0 Å². The first-order valence-corrected chi connectivity index (χ1v) is 6.06. The second-order valence-corrected chi connectivity index (χ2v) is 5.36. The fourth-order valence-electron chi connectivity index (χ4n) is 1.39. The van der Waals surface area contributed by atoms with E-state index in [-0.39, 0.29) is 5.41 Å². The molecule has 0 saturated carbocycles. The third-order valence-corrected chi connectivity index (χ3v) is 3.84. The lowest BCUT2D eigenvalue weighted by molar-refractivity contribution is 0.372. The zero-order valence-electron chi connectivity index (χ0n) is 9.54. The number of hydrogen-bond donors (Lipinski definition) is 1. The molecule has 86 valence electrons. The number of fused-ring (bicyclic) bond motifs is 1. The predicted octanol–water partition coefficient (Wildman–Crippen LogP) is 4.46. The summed E-state index contributed by atoms with van der Waals surface area (Å²) < 4.78 is 5.76. The summed E-state index contributed by atoms with van der Waals surface area (Å²) in [6, 6.07) is 3.65. The minimum Gasteiger partial charge on any atom is -0.439 e. The van der Waals surface area contributed by atoms with Gasteiger partial charge in [0.2, 0.25) is 5.89 Å². The van der Waals surface area contributed by atoms with Gasteiger partial charge < -0.3 is 4.42 Å². The Hall–Kier alpha value is -0.670. The van der Waals surface area contributed by atoms with Crippen LogP contribution in [0.25, 0.3) is 11.1 Å². The van der Waals surface area contributed by atoms with Gasteiger partial charge in [0.25, 0.3) is 0 Å². The molecule has 2 aromatic rings. The van der Waals surface area contributed by atoms with Crippen molar-refractivity contribution in [3.8, 4) is 0 Å². The molecule has 1 aromatic carbocycles. The molecule has 0 aliphatic carbocycles. The maximum Gasteiger partial charge on any atom is 0.201 e. The van der Waals surface area contributed by atoms with Crippen LogP contribution in [0.3, 0.4) is 0 Å². The van der Waals surface area contributed by atoms with Crippen molar-refractivity contribution >= 4 is 35.3 Å². The van der Waals surface area contributed by atoms with E-state index in [1.807, 2.05) is 6.07 Å². The van der Waals surface area contributed by atoms with Crippen LogP contribution in [0.4, 0.5) is 0 Å². The van der Waals surface area contributed by atoms with Crippen molar-refractivity contribution in [2.45, 2.75) is 37.5 Å². The minimum atomic E-state index is -0.0638. The van der Waals surface area contributed by atoms with Crippen LogP contribution in [0.2, 0.25) is 5.02 Å². The highest BCUT2D eigenvalue weighted by Crippen LogP contribution is 2.34. The van der Waals surface area contributed by atoms with Crippen LogP contribution in [0.5, 0.6) is 0 Å². The van der Waals surface area contributed by atoms with Crippen molar-refractivity contribution in [3.05, 3.63) is 23.0 Å². The molecule has 0 aliphatic heterocycles. The zero-order chi connectivity index (χ0) is 11.9. The van der Waals surface area contributed by atoms with Gasteiger partial charge in [-0.25, -0.2) is 4.98 Å². The molecule has 0 spiro atoms. The SMILES string of the molecule is CCC(C)(C)c1nc2ccc(Cl)c(S)c2o1. The van der Waals surface area contributed by atoms with Gasteiger partial charge in [-0.3, -0.25) is 0 Å². The van der Waals surface area contributed by atoms with Gasteiger partial charge in [0.1, 0.15) is 5.52 Å². The van der Waals surface area contributed by atoms with Gasteiger partial charge in [0.15, 0.2) is 5.58 Å². The molecule has 4 heteroatoms. The van der Waals surface area contributed by atoms with Crippen molar-refractivity contribution in [1.82, 2.24) is 4.98 Å². The molecule has 0 aliphatic rings. The quantitative estimate of drug-likeness (QED) is 0.802. The second-order valence-electron chi connectivity index (χ2n) is 4.50. The molecule has 0 fully saturated rings. The minimum absolute atomic E-state index is 0.0638. The van der Waals surface area contributed by atoms with E-state index < -0.39 is 0 Å². The summed E-state index contributed by atoms with van der Waals surface area (Å²) in [6.07, 6.45) is 0.968. The topological polar surface area (TPSA) is 26.0 Å². The van der Waals surface area contributed by atoms with Crippen molar-refractivity contribution < 1.29 is 4.42 Å². The number of nitrogens with zero attached hydrogens (tertiary/aromatic N) is 1. The Balaban J connectivity index is 2.65. The summed E-state index contributed by atoms with van der Waals surface area (Å²) >= 11 is 10.3. The molecule has 2 rings (SSSR count). The number of oxazole rings is 1. The normalized spacial score (nSPS) is 12.3. The smallest absolute Gasteiger partial charge is 0.201 e. The molecule has 0 saturated heterocycles. The molecular weight excluding hydrogens is 242 g/mol. The Kier molecular flexibility index (Phi) is 2.93. The van der Waals surface area contributed by atoms with Crippen LogP contribution in [-0.4, -0.2) is 4.98 Å². The third kappa shape index (κ3) is 1.82. The van der Waals surface area contributed by atoms with E-state index in [1.165, 1.54) is 0 Å². The fraction of sp³-hybridized carbons (Fsp3) is 0.417. The summed E-state index contributed by atoms with van der Waals surface area (Å²) in [5, 5.41) is 0.591. The third-order valence-electron chi connectivity index (χ3n) is 2.95. The van der Waals surface area contributed by atoms with Gasteiger partial charge in [-0.2, -0.15) is 0 Å². The molecule has 1 aromatic heterocycles. The number of rotatable bonds is 2. The average Bonchev–Trinajstić information content (AvgIpc) is 2.69. The molecule has 1 heterocycles. The average molecular weight is 256 g/mol. The molecule has 0 unspecified atom stereocenters. The lowest BCUT2D eigenvalue weighted by Gasteiger charge is -2.17. The first kappa shape index (κ1) is 11.8. The van der Waals surface area contributed by atoms with Crippen LogP contribution >= 0.6 is 24.2 Å². The van der Waals surface area contributed by atoms with E-state index in [0.717, 1.165) is 17.8 Å². The lowest BCUT2D eigenvalue weighted by Crippen LogP contribution is -2.15. The number of hydrogen-bond acceptors (Lipinski definition) is 3. The highest BCUT2D eigenvalue weighted by molar-refractivity contribution is 7.80. The Morgan fingerprint density at radius 3 is 2.75 bits per heavy atom. The van der Waals surface area contributed by atoms with Gasteiger partial charge in [0.05, 0.1) is 9.92 Å². The Bertz CT molecular complexity index is 533. The molecule has 0 amide bonds. The zero-order valence-corrected chi connectivity index (χ0v) is 11.2. The second kappa shape index (κ2) is 3.97. The van der Waals surface area contributed by atoms with E-state index in [2.05, 4.69) is 38.4 Å². The van der Waals surface area contributed by atoms with Gasteiger partial charge in [-0.15, -0.1) is 12.6 Å². The largest absolute Gasteiger partial charge is 0.439 e. The van der Waals surface area contributed by atoms with Crippen molar-refractivity contribution in [2.75, 3.05) is 0 Å². The van der Waals surface area contributed by atoms with Crippen molar-refractivity contribution in [3.63, 3.8) is 0 Å². The lowest BCUT2D eigenvalue weighted by atomic mass is 9.90. The Morgan fingerprint density at radius 1 is 1.44 bits per heavy atom. The predicted molar refractivity (Wildman–Crippen MR) is 69.6 cm³/mol. The number of halogens is 1. The van der Waals surface area contributed by atoms with E-state index >= 15 is 0 Å². The highest BCUT2D eigenvalue weighted by Gasteiger charge is 2.25. The van der Waals surface area contributed by atoms with Crippen molar-refractivity contribution in [1.29, 1.82) is 0 Å². The molecule has 2 nitrogen and oxygen atoms in total. The summed E-state index contributed by atoms with van der Waals surface area (Å²) in [4.78, 5) is 5.14. The number of aromatic nitrogens is 1. The van der Waals surface area contributed by atoms with Gasteiger partial charge in [-0.1, -0.05) is 32.4 Å². The summed E-state index contributed by atoms with van der Waals surface area (Å²) in [5.41, 5.74) is 1.42. The summed E-state index contributed by atoms with van der Waals surface area (Å²) in [7, 11) is 0. The maximum absolute atomic E-state index is 5.98. The molecular formula is C12H14ClNOS. The fourth-order valence-corrected chi connectivity index (χ4v) is 1.78. The van der Waals surface area contributed by atoms with Crippen LogP contribution in [0.1, 0.15) is 33.1 Å². The van der Waals surface area contributed by atoms with E-state index in [9.17, 15) is 0 Å². The first-order chi connectivity index (χ1) is 7.45. The summed E-state index contributed by atoms with van der Waals surface area (Å²) in [5.74, 6) is 0.738. The van der Waals surface area contributed by atoms with Crippen LogP contribution in [0, 0.1) is 0 Å². The Morgan fingerprint density at radius 2 is 2.12 bits per heavy atom. The van der Waals surface area contributed by atoms with Crippen LogP contribution in [0.15, 0.2) is 21.4 Å². The Labute approximate surface area is 105 Å². The van der Waals surface area contributed by atoms with Gasteiger partial charge in [0, 0.05) is 5.41 Å². The van der Waals surface area contributed by atoms with E-state index in [1.54, 1.807) is 6.07 Å². The monoisotopic (exact) mass is 255 g/mol. The van der Waals surface area contributed by atoms with Gasteiger partial charge >= 0.3 is 0 Å². The molecule has 0 bridgehead atoms. The van der Waals surface area contributed by atoms with Crippen molar-refractivity contribution in [2.24, 2.45) is 0 Å². The molecule has 0 radical (unpaired) electrons. The maximum atomic E-state index is 5.98. The van der Waals surface area contributed by atoms with Crippen LogP contribution < -0.4 is 0 Å².